The second-order valence-corrected chi connectivity index (χ2v) is 6.95. The molecule has 8 heteroatoms. The normalized spacial score (nSPS) is 14.9. The first-order chi connectivity index (χ1) is 14.5. The van der Waals surface area contributed by atoms with Crippen LogP contribution in [0.4, 0.5) is 5.69 Å². The first kappa shape index (κ1) is 19.5. The zero-order chi connectivity index (χ0) is 21.1. The Morgan fingerprint density at radius 2 is 1.80 bits per heavy atom. The van der Waals surface area contributed by atoms with Gasteiger partial charge in [-0.2, -0.15) is 5.10 Å². The molecule has 1 aliphatic rings. The van der Waals surface area contributed by atoms with Crippen molar-refractivity contribution >= 4 is 23.3 Å². The summed E-state index contributed by atoms with van der Waals surface area (Å²) in [4.78, 5) is 24.8. The van der Waals surface area contributed by atoms with Gasteiger partial charge in [-0.1, -0.05) is 35.9 Å². The van der Waals surface area contributed by atoms with Crippen LogP contribution in [0.15, 0.2) is 64.1 Å². The Morgan fingerprint density at radius 1 is 1.07 bits per heavy atom. The number of ether oxygens (including phenoxy) is 1. The number of benzene rings is 2. The molecule has 2 heterocycles. The summed E-state index contributed by atoms with van der Waals surface area (Å²) in [5.74, 6) is -0.258. The maximum atomic E-state index is 12.6. The van der Waals surface area contributed by atoms with Gasteiger partial charge in [-0.05, 0) is 38.1 Å². The molecule has 4 rings (SSSR count). The van der Waals surface area contributed by atoms with E-state index < -0.39 is 12.1 Å². The minimum Gasteiger partial charge on any atom is -0.448 e. The molecule has 0 aliphatic carbocycles. The molecule has 8 nitrogen and oxygen atoms in total. The van der Waals surface area contributed by atoms with E-state index in [9.17, 15) is 9.59 Å². The highest BCUT2D eigenvalue weighted by atomic mass is 16.6. The number of amides is 1. The molecular formula is C22H20N4O4. The van der Waals surface area contributed by atoms with Gasteiger partial charge < -0.3 is 9.15 Å². The Balaban J connectivity index is 1.47. The Bertz CT molecular complexity index is 1090. The number of esters is 1. The first-order valence-electron chi connectivity index (χ1n) is 9.58. The zero-order valence-corrected chi connectivity index (χ0v) is 16.6. The number of hydrogen-bond donors (Lipinski definition) is 0. The Labute approximate surface area is 173 Å². The van der Waals surface area contributed by atoms with Crippen LogP contribution in [0.2, 0.25) is 0 Å². The molecule has 0 saturated heterocycles. The van der Waals surface area contributed by atoms with Crippen molar-refractivity contribution in [1.82, 2.24) is 10.2 Å². The number of para-hydroxylation sites is 1. The largest absolute Gasteiger partial charge is 0.448 e. The number of anilines is 1. The van der Waals surface area contributed by atoms with Crippen molar-refractivity contribution in [3.63, 3.8) is 0 Å². The van der Waals surface area contributed by atoms with Crippen molar-refractivity contribution in [1.29, 1.82) is 0 Å². The third kappa shape index (κ3) is 4.12. The fourth-order valence-electron chi connectivity index (χ4n) is 2.96. The second-order valence-electron chi connectivity index (χ2n) is 6.95. The Morgan fingerprint density at radius 3 is 2.53 bits per heavy atom. The number of rotatable bonds is 5. The van der Waals surface area contributed by atoms with E-state index in [-0.39, 0.29) is 30.4 Å². The molecule has 0 spiro atoms. The van der Waals surface area contributed by atoms with E-state index in [1.165, 1.54) is 5.01 Å². The molecule has 0 fully saturated rings. The Hall–Kier alpha value is -3.81. The van der Waals surface area contributed by atoms with Gasteiger partial charge in [0.25, 0.3) is 5.89 Å². The fourth-order valence-corrected chi connectivity index (χ4v) is 2.96. The van der Waals surface area contributed by atoms with Gasteiger partial charge in [0.15, 0.2) is 6.10 Å². The number of aromatic nitrogens is 2. The van der Waals surface area contributed by atoms with Gasteiger partial charge in [0.05, 0.1) is 5.69 Å². The van der Waals surface area contributed by atoms with Crippen LogP contribution in [-0.4, -0.2) is 27.8 Å². The molecule has 152 valence electrons. The molecule has 0 radical (unpaired) electrons. The second kappa shape index (κ2) is 8.28. The number of aryl methyl sites for hydroxylation is 1. The maximum Gasteiger partial charge on any atom is 0.355 e. The van der Waals surface area contributed by atoms with Crippen LogP contribution in [0.3, 0.4) is 0 Å². The molecule has 30 heavy (non-hydrogen) atoms. The highest BCUT2D eigenvalue weighted by Crippen LogP contribution is 2.24. The molecule has 1 atom stereocenters. The van der Waals surface area contributed by atoms with Crippen molar-refractivity contribution in [2.75, 3.05) is 5.01 Å². The lowest BCUT2D eigenvalue weighted by atomic mass is 10.1. The van der Waals surface area contributed by atoms with Crippen molar-refractivity contribution in [3.05, 3.63) is 66.1 Å². The fraction of sp³-hybridized carbons (Fsp3) is 0.227. The SMILES string of the molecule is Cc1ccc(-c2nnc(C(C)OC(=O)C3=NN(c4ccccc4)C(=O)CC3)o2)cc1. The van der Waals surface area contributed by atoms with E-state index in [1.807, 2.05) is 37.3 Å². The maximum absolute atomic E-state index is 12.6. The van der Waals surface area contributed by atoms with Crippen molar-refractivity contribution < 1.29 is 18.7 Å². The van der Waals surface area contributed by atoms with Crippen LogP contribution in [0.1, 0.15) is 37.3 Å². The van der Waals surface area contributed by atoms with Crippen molar-refractivity contribution in [3.8, 4) is 11.5 Å². The topological polar surface area (TPSA) is 97.9 Å². The summed E-state index contributed by atoms with van der Waals surface area (Å²) in [6.45, 7) is 3.64. The Kier molecular flexibility index (Phi) is 5.38. The zero-order valence-electron chi connectivity index (χ0n) is 16.6. The lowest BCUT2D eigenvalue weighted by molar-refractivity contribution is -0.141. The third-order valence-corrected chi connectivity index (χ3v) is 4.64. The predicted molar refractivity (Wildman–Crippen MR) is 110 cm³/mol. The van der Waals surface area contributed by atoms with Crippen LogP contribution in [0.25, 0.3) is 11.5 Å². The molecule has 0 bridgehead atoms. The summed E-state index contributed by atoms with van der Waals surface area (Å²) < 4.78 is 11.1. The number of hydrazone groups is 1. The number of hydrogen-bond acceptors (Lipinski definition) is 7. The molecule has 0 N–H and O–H groups in total. The monoisotopic (exact) mass is 404 g/mol. The van der Waals surface area contributed by atoms with E-state index in [1.54, 1.807) is 31.2 Å². The van der Waals surface area contributed by atoms with Gasteiger partial charge in [-0.25, -0.2) is 9.80 Å². The summed E-state index contributed by atoms with van der Waals surface area (Å²) in [5, 5.41) is 13.4. The van der Waals surface area contributed by atoms with E-state index >= 15 is 0 Å². The highest BCUT2D eigenvalue weighted by Gasteiger charge is 2.28. The lowest BCUT2D eigenvalue weighted by Gasteiger charge is -2.23. The van der Waals surface area contributed by atoms with Gasteiger partial charge in [-0.15, -0.1) is 10.2 Å². The van der Waals surface area contributed by atoms with E-state index in [0.29, 0.717) is 11.6 Å². The van der Waals surface area contributed by atoms with Crippen molar-refractivity contribution in [2.45, 2.75) is 32.8 Å². The lowest BCUT2D eigenvalue weighted by Crippen LogP contribution is -2.35. The van der Waals surface area contributed by atoms with E-state index in [4.69, 9.17) is 9.15 Å². The smallest absolute Gasteiger partial charge is 0.355 e. The summed E-state index contributed by atoms with van der Waals surface area (Å²) in [6.07, 6.45) is -0.365. The number of carbonyl (C=O) groups excluding carboxylic acids is 2. The van der Waals surface area contributed by atoms with Crippen molar-refractivity contribution in [2.24, 2.45) is 5.10 Å². The minimum atomic E-state index is -0.755. The van der Waals surface area contributed by atoms with Crippen LogP contribution >= 0.6 is 0 Å². The predicted octanol–water partition coefficient (Wildman–Crippen LogP) is 3.83. The molecule has 1 amide bonds. The average Bonchev–Trinajstić information content (AvgIpc) is 3.25. The van der Waals surface area contributed by atoms with Gasteiger partial charge in [0.1, 0.15) is 5.71 Å². The molecule has 1 aromatic heterocycles. The molecular weight excluding hydrogens is 384 g/mol. The van der Waals surface area contributed by atoms with Crippen LogP contribution in [-0.2, 0) is 14.3 Å². The quantitative estimate of drug-likeness (QED) is 0.600. The summed E-state index contributed by atoms with van der Waals surface area (Å²) >= 11 is 0. The molecule has 1 aliphatic heterocycles. The molecule has 0 saturated carbocycles. The summed E-state index contributed by atoms with van der Waals surface area (Å²) in [6, 6.07) is 16.6. The minimum absolute atomic E-state index is 0.170. The highest BCUT2D eigenvalue weighted by molar-refractivity contribution is 6.38. The average molecular weight is 404 g/mol. The summed E-state index contributed by atoms with van der Waals surface area (Å²) in [7, 11) is 0. The first-order valence-corrected chi connectivity index (χ1v) is 9.58. The third-order valence-electron chi connectivity index (χ3n) is 4.64. The molecule has 2 aromatic carbocycles. The van der Waals surface area contributed by atoms with E-state index in [2.05, 4.69) is 15.3 Å². The number of carbonyl (C=O) groups is 2. The van der Waals surface area contributed by atoms with Crippen LogP contribution in [0, 0.1) is 6.92 Å². The molecule has 3 aromatic rings. The molecule has 1 unspecified atom stereocenters. The van der Waals surface area contributed by atoms with Crippen LogP contribution in [0.5, 0.6) is 0 Å². The standard InChI is InChI=1S/C22H20N4O4/c1-14-8-10-16(11-9-14)21-24-23-20(30-21)15(2)29-22(28)18-12-13-19(27)26(25-18)17-6-4-3-5-7-17/h3-11,15H,12-13H2,1-2H3. The van der Waals surface area contributed by atoms with Gasteiger partial charge in [0, 0.05) is 18.4 Å². The summed E-state index contributed by atoms with van der Waals surface area (Å²) in [5.41, 5.74) is 2.67. The van der Waals surface area contributed by atoms with Gasteiger partial charge in [0.2, 0.25) is 11.8 Å². The van der Waals surface area contributed by atoms with E-state index in [0.717, 1.165) is 11.1 Å². The number of nitrogens with zero attached hydrogens (tertiary/aromatic N) is 4. The van der Waals surface area contributed by atoms with Crippen LogP contribution < -0.4 is 5.01 Å². The van der Waals surface area contributed by atoms with Gasteiger partial charge >= 0.3 is 5.97 Å². The van der Waals surface area contributed by atoms with Gasteiger partial charge in [-0.3, -0.25) is 4.79 Å².